The SMILES string of the molecule is Cc1nc(-c2ccccc2)ccc1C(=O)Nc1cccc2ncccc12. The third-order valence-electron chi connectivity index (χ3n) is 4.29. The lowest BCUT2D eigenvalue weighted by Gasteiger charge is -2.11. The molecule has 0 unspecified atom stereocenters. The first kappa shape index (κ1) is 16.0. The number of carbonyl (C=O) groups is 1. The molecule has 26 heavy (non-hydrogen) atoms. The molecule has 126 valence electrons. The van der Waals surface area contributed by atoms with Crippen LogP contribution in [0.2, 0.25) is 0 Å². The van der Waals surface area contributed by atoms with Gasteiger partial charge in [-0.1, -0.05) is 36.4 Å². The van der Waals surface area contributed by atoms with Gasteiger partial charge < -0.3 is 5.32 Å². The normalized spacial score (nSPS) is 10.7. The Bertz CT molecular complexity index is 1090. The zero-order valence-corrected chi connectivity index (χ0v) is 14.3. The first-order valence-corrected chi connectivity index (χ1v) is 8.40. The molecule has 0 saturated carbocycles. The molecular weight excluding hydrogens is 322 g/mol. The second kappa shape index (κ2) is 6.76. The smallest absolute Gasteiger partial charge is 0.257 e. The Hall–Kier alpha value is -3.53. The quantitative estimate of drug-likeness (QED) is 0.580. The van der Waals surface area contributed by atoms with Gasteiger partial charge in [-0.2, -0.15) is 0 Å². The van der Waals surface area contributed by atoms with E-state index in [-0.39, 0.29) is 5.91 Å². The van der Waals surface area contributed by atoms with E-state index in [1.165, 1.54) is 0 Å². The van der Waals surface area contributed by atoms with Crippen LogP contribution in [0.15, 0.2) is 79.0 Å². The predicted molar refractivity (Wildman–Crippen MR) is 104 cm³/mol. The summed E-state index contributed by atoms with van der Waals surface area (Å²) in [4.78, 5) is 21.7. The number of aryl methyl sites for hydroxylation is 1. The van der Waals surface area contributed by atoms with E-state index in [2.05, 4.69) is 15.3 Å². The van der Waals surface area contributed by atoms with Crippen LogP contribution in [0.4, 0.5) is 5.69 Å². The Morgan fingerprint density at radius 2 is 1.73 bits per heavy atom. The Balaban J connectivity index is 1.64. The van der Waals surface area contributed by atoms with Crippen LogP contribution in [-0.2, 0) is 0 Å². The number of hydrogen-bond donors (Lipinski definition) is 1. The number of aromatic nitrogens is 2. The van der Waals surface area contributed by atoms with Crippen molar-refractivity contribution in [3.63, 3.8) is 0 Å². The predicted octanol–water partition coefficient (Wildman–Crippen LogP) is 4.86. The standard InChI is InChI=1S/C22H17N3O/c1-15-17(12-13-19(24-15)16-7-3-2-4-8-16)22(26)25-21-11-5-10-20-18(21)9-6-14-23-20/h2-14H,1H3,(H,25,26). The highest BCUT2D eigenvalue weighted by Gasteiger charge is 2.13. The van der Waals surface area contributed by atoms with Gasteiger partial charge in [0.15, 0.2) is 0 Å². The van der Waals surface area contributed by atoms with Crippen LogP contribution in [0.25, 0.3) is 22.2 Å². The van der Waals surface area contributed by atoms with E-state index in [1.807, 2.05) is 79.7 Å². The van der Waals surface area contributed by atoms with Crippen molar-refractivity contribution in [2.24, 2.45) is 0 Å². The third-order valence-corrected chi connectivity index (χ3v) is 4.29. The molecule has 2 heterocycles. The van der Waals surface area contributed by atoms with Crippen LogP contribution < -0.4 is 5.32 Å². The highest BCUT2D eigenvalue weighted by molar-refractivity contribution is 6.09. The number of rotatable bonds is 3. The van der Waals surface area contributed by atoms with Gasteiger partial charge in [0.2, 0.25) is 0 Å². The number of nitrogens with one attached hydrogen (secondary N) is 1. The lowest BCUT2D eigenvalue weighted by atomic mass is 10.1. The number of anilines is 1. The second-order valence-electron chi connectivity index (χ2n) is 6.03. The molecule has 1 amide bonds. The van der Waals surface area contributed by atoms with Crippen molar-refractivity contribution in [3.8, 4) is 11.3 Å². The van der Waals surface area contributed by atoms with Crippen LogP contribution >= 0.6 is 0 Å². The fourth-order valence-electron chi connectivity index (χ4n) is 2.97. The fraction of sp³-hybridized carbons (Fsp3) is 0.0455. The molecule has 4 heteroatoms. The van der Waals surface area contributed by atoms with Gasteiger partial charge in [0.05, 0.1) is 28.2 Å². The van der Waals surface area contributed by atoms with Crippen molar-refractivity contribution < 1.29 is 4.79 Å². The molecule has 2 aromatic heterocycles. The van der Waals surface area contributed by atoms with E-state index in [1.54, 1.807) is 6.20 Å². The van der Waals surface area contributed by atoms with Gasteiger partial charge in [-0.15, -0.1) is 0 Å². The van der Waals surface area contributed by atoms with Crippen molar-refractivity contribution in [3.05, 3.63) is 90.3 Å². The van der Waals surface area contributed by atoms with Crippen LogP contribution in [0, 0.1) is 6.92 Å². The molecule has 1 N–H and O–H groups in total. The number of pyridine rings is 2. The van der Waals surface area contributed by atoms with E-state index in [4.69, 9.17) is 0 Å². The molecule has 2 aromatic carbocycles. The molecular formula is C22H17N3O. The van der Waals surface area contributed by atoms with E-state index in [0.29, 0.717) is 11.3 Å². The van der Waals surface area contributed by atoms with E-state index < -0.39 is 0 Å². The summed E-state index contributed by atoms with van der Waals surface area (Å²) in [6.07, 6.45) is 1.74. The summed E-state index contributed by atoms with van der Waals surface area (Å²) < 4.78 is 0. The van der Waals surface area contributed by atoms with Gasteiger partial charge >= 0.3 is 0 Å². The largest absolute Gasteiger partial charge is 0.321 e. The number of amides is 1. The Kier molecular flexibility index (Phi) is 4.15. The van der Waals surface area contributed by atoms with Crippen molar-refractivity contribution in [1.82, 2.24) is 9.97 Å². The number of carbonyl (C=O) groups excluding carboxylic acids is 1. The number of benzene rings is 2. The maximum Gasteiger partial charge on any atom is 0.257 e. The maximum absolute atomic E-state index is 12.8. The molecule has 4 aromatic rings. The van der Waals surface area contributed by atoms with Gasteiger partial charge in [-0.3, -0.25) is 14.8 Å². The molecule has 0 radical (unpaired) electrons. The summed E-state index contributed by atoms with van der Waals surface area (Å²) in [5, 5.41) is 3.89. The van der Waals surface area contributed by atoms with Crippen molar-refractivity contribution in [2.75, 3.05) is 5.32 Å². The van der Waals surface area contributed by atoms with Crippen molar-refractivity contribution in [2.45, 2.75) is 6.92 Å². The third kappa shape index (κ3) is 3.05. The van der Waals surface area contributed by atoms with Crippen LogP contribution in [0.3, 0.4) is 0 Å². The molecule has 0 spiro atoms. The average molecular weight is 339 g/mol. The minimum absolute atomic E-state index is 0.175. The first-order chi connectivity index (χ1) is 12.7. The van der Waals surface area contributed by atoms with Gasteiger partial charge in [-0.05, 0) is 43.3 Å². The molecule has 0 aliphatic carbocycles. The summed E-state index contributed by atoms with van der Waals surface area (Å²) >= 11 is 0. The molecule has 0 bridgehead atoms. The molecule has 0 saturated heterocycles. The lowest BCUT2D eigenvalue weighted by Crippen LogP contribution is -2.14. The summed E-state index contributed by atoms with van der Waals surface area (Å²) in [6, 6.07) is 23.1. The van der Waals surface area contributed by atoms with Gasteiger partial charge in [-0.25, -0.2) is 0 Å². The molecule has 0 atom stereocenters. The Labute approximate surface area is 151 Å². The fourth-order valence-corrected chi connectivity index (χ4v) is 2.97. The molecule has 0 aliphatic rings. The maximum atomic E-state index is 12.8. The first-order valence-electron chi connectivity index (χ1n) is 8.40. The minimum atomic E-state index is -0.175. The van der Waals surface area contributed by atoms with E-state index in [0.717, 1.165) is 27.8 Å². The number of hydrogen-bond acceptors (Lipinski definition) is 3. The number of fused-ring (bicyclic) bond motifs is 1. The molecule has 0 aliphatic heterocycles. The number of nitrogens with zero attached hydrogens (tertiary/aromatic N) is 2. The Morgan fingerprint density at radius 1 is 0.885 bits per heavy atom. The minimum Gasteiger partial charge on any atom is -0.321 e. The van der Waals surface area contributed by atoms with Crippen molar-refractivity contribution in [1.29, 1.82) is 0 Å². The van der Waals surface area contributed by atoms with E-state index in [9.17, 15) is 4.79 Å². The van der Waals surface area contributed by atoms with Gasteiger partial charge in [0.1, 0.15) is 0 Å². The van der Waals surface area contributed by atoms with Crippen LogP contribution in [-0.4, -0.2) is 15.9 Å². The lowest BCUT2D eigenvalue weighted by molar-refractivity contribution is 0.102. The van der Waals surface area contributed by atoms with Gasteiger partial charge in [0, 0.05) is 17.1 Å². The monoisotopic (exact) mass is 339 g/mol. The summed E-state index contributed by atoms with van der Waals surface area (Å²) in [5.74, 6) is -0.175. The van der Waals surface area contributed by atoms with Crippen LogP contribution in [0.5, 0.6) is 0 Å². The van der Waals surface area contributed by atoms with Crippen LogP contribution in [0.1, 0.15) is 16.1 Å². The van der Waals surface area contributed by atoms with E-state index >= 15 is 0 Å². The van der Waals surface area contributed by atoms with Gasteiger partial charge in [0.25, 0.3) is 5.91 Å². The highest BCUT2D eigenvalue weighted by Crippen LogP contribution is 2.23. The summed E-state index contributed by atoms with van der Waals surface area (Å²) in [5.41, 5.74) is 4.73. The Morgan fingerprint density at radius 3 is 2.54 bits per heavy atom. The summed E-state index contributed by atoms with van der Waals surface area (Å²) in [6.45, 7) is 1.85. The summed E-state index contributed by atoms with van der Waals surface area (Å²) in [7, 11) is 0. The zero-order chi connectivity index (χ0) is 17.9. The molecule has 4 rings (SSSR count). The molecule has 4 nitrogen and oxygen atoms in total. The topological polar surface area (TPSA) is 54.9 Å². The van der Waals surface area contributed by atoms with Crippen molar-refractivity contribution >= 4 is 22.5 Å². The second-order valence-corrected chi connectivity index (χ2v) is 6.03. The highest BCUT2D eigenvalue weighted by atomic mass is 16.1. The zero-order valence-electron chi connectivity index (χ0n) is 14.3. The molecule has 0 fully saturated rings. The average Bonchev–Trinajstić information content (AvgIpc) is 2.69.